The summed E-state index contributed by atoms with van der Waals surface area (Å²) in [7, 11) is 0. The molecular formula is C20H17N9O. The van der Waals surface area contributed by atoms with Crippen molar-refractivity contribution < 1.29 is 4.79 Å². The van der Waals surface area contributed by atoms with Crippen molar-refractivity contribution >= 4 is 33.5 Å². The van der Waals surface area contributed by atoms with E-state index in [9.17, 15) is 4.79 Å². The molecule has 148 valence electrons. The maximum atomic E-state index is 13.1. The highest BCUT2D eigenvalue weighted by molar-refractivity contribution is 6.09. The van der Waals surface area contributed by atoms with Crippen LogP contribution in [0.15, 0.2) is 36.4 Å². The molecule has 3 N–H and O–H groups in total. The van der Waals surface area contributed by atoms with E-state index >= 15 is 0 Å². The van der Waals surface area contributed by atoms with Gasteiger partial charge >= 0.3 is 0 Å². The number of imidazole rings is 1. The van der Waals surface area contributed by atoms with E-state index in [0.29, 0.717) is 11.6 Å². The molecule has 3 aromatic heterocycles. The largest absolute Gasteiger partial charge is 0.337 e. The topological polar surface area (TPSA) is 132 Å². The van der Waals surface area contributed by atoms with Gasteiger partial charge in [-0.2, -0.15) is 5.10 Å². The van der Waals surface area contributed by atoms with Gasteiger partial charge in [0.25, 0.3) is 0 Å². The monoisotopic (exact) mass is 399 g/mol. The summed E-state index contributed by atoms with van der Waals surface area (Å²) >= 11 is 0. The van der Waals surface area contributed by atoms with Gasteiger partial charge in [-0.05, 0) is 48.0 Å². The summed E-state index contributed by atoms with van der Waals surface area (Å²) in [5, 5.41) is 22.3. The first-order valence-corrected chi connectivity index (χ1v) is 9.54. The molecule has 2 aromatic carbocycles. The van der Waals surface area contributed by atoms with Gasteiger partial charge in [0.15, 0.2) is 11.6 Å². The Labute approximate surface area is 169 Å². The van der Waals surface area contributed by atoms with Gasteiger partial charge in [0, 0.05) is 5.39 Å². The third-order valence-electron chi connectivity index (χ3n) is 5.74. The van der Waals surface area contributed by atoms with Gasteiger partial charge in [-0.1, -0.05) is 18.2 Å². The van der Waals surface area contributed by atoms with Crippen LogP contribution < -0.4 is 4.90 Å². The fourth-order valence-electron chi connectivity index (χ4n) is 4.14. The molecule has 0 saturated heterocycles. The Balaban J connectivity index is 1.50. The molecule has 1 amide bonds. The van der Waals surface area contributed by atoms with Crippen molar-refractivity contribution in [2.75, 3.05) is 4.90 Å². The Morgan fingerprint density at radius 2 is 1.97 bits per heavy atom. The van der Waals surface area contributed by atoms with Crippen molar-refractivity contribution in [1.82, 2.24) is 40.8 Å². The Kier molecular flexibility index (Phi) is 3.21. The van der Waals surface area contributed by atoms with E-state index < -0.39 is 5.41 Å². The second-order valence-corrected chi connectivity index (χ2v) is 7.95. The van der Waals surface area contributed by atoms with Crippen molar-refractivity contribution in [3.05, 3.63) is 47.8 Å². The number of aromatic amines is 3. The van der Waals surface area contributed by atoms with Gasteiger partial charge in [0.1, 0.15) is 5.69 Å². The van der Waals surface area contributed by atoms with E-state index in [2.05, 4.69) is 35.8 Å². The zero-order valence-electron chi connectivity index (χ0n) is 16.3. The van der Waals surface area contributed by atoms with Gasteiger partial charge in [-0.15, -0.1) is 5.10 Å². The Hall–Kier alpha value is -4.08. The smallest absolute Gasteiger partial charge is 0.237 e. The third-order valence-corrected chi connectivity index (χ3v) is 5.74. The first-order valence-electron chi connectivity index (χ1n) is 9.54. The molecule has 6 rings (SSSR count). The molecule has 1 aliphatic rings. The van der Waals surface area contributed by atoms with Crippen LogP contribution in [-0.2, 0) is 16.8 Å². The van der Waals surface area contributed by atoms with Crippen molar-refractivity contribution in [2.24, 2.45) is 0 Å². The second-order valence-electron chi connectivity index (χ2n) is 7.95. The van der Waals surface area contributed by atoms with Crippen molar-refractivity contribution in [1.29, 1.82) is 0 Å². The normalized spacial score (nSPS) is 15.4. The van der Waals surface area contributed by atoms with E-state index in [1.54, 1.807) is 4.90 Å². The average Bonchev–Trinajstić information content (AvgIpc) is 3.50. The van der Waals surface area contributed by atoms with E-state index in [4.69, 9.17) is 4.98 Å². The molecule has 0 bridgehead atoms. The highest BCUT2D eigenvalue weighted by Gasteiger charge is 2.44. The first kappa shape index (κ1) is 16.8. The number of rotatable bonds is 3. The highest BCUT2D eigenvalue weighted by atomic mass is 16.2. The Bertz CT molecular complexity index is 1430. The summed E-state index contributed by atoms with van der Waals surface area (Å²) in [6.07, 6.45) is 0. The SMILES string of the molecule is CC1(C)C(=O)N(Cc2nnn[nH]2)c2cc3[nH]c(-c4n[nH]c5ccccc45)nc3cc21. The summed E-state index contributed by atoms with van der Waals surface area (Å²) in [4.78, 5) is 22.9. The van der Waals surface area contributed by atoms with Crippen LogP contribution in [0.3, 0.4) is 0 Å². The van der Waals surface area contributed by atoms with Gasteiger partial charge in [-0.3, -0.25) is 9.89 Å². The fraction of sp³-hybridized carbons (Fsp3) is 0.200. The van der Waals surface area contributed by atoms with Crippen LogP contribution in [-0.4, -0.2) is 46.7 Å². The summed E-state index contributed by atoms with van der Waals surface area (Å²) in [6, 6.07) is 11.9. The number of nitrogens with zero attached hydrogens (tertiary/aromatic N) is 6. The average molecular weight is 399 g/mol. The summed E-state index contributed by atoms with van der Waals surface area (Å²) in [6.45, 7) is 4.12. The lowest BCUT2D eigenvalue weighted by molar-refractivity contribution is -0.122. The molecule has 4 heterocycles. The quantitative estimate of drug-likeness (QED) is 0.427. The number of tetrazole rings is 1. The number of para-hydroxylation sites is 1. The molecule has 30 heavy (non-hydrogen) atoms. The number of aromatic nitrogens is 8. The van der Waals surface area contributed by atoms with Crippen LogP contribution in [0.5, 0.6) is 0 Å². The lowest BCUT2D eigenvalue weighted by Gasteiger charge is -2.18. The maximum Gasteiger partial charge on any atom is 0.237 e. The number of amides is 1. The van der Waals surface area contributed by atoms with Gasteiger partial charge in [0.05, 0.1) is 34.2 Å². The molecule has 5 aromatic rings. The number of anilines is 1. The first-order chi connectivity index (χ1) is 14.5. The lowest BCUT2D eigenvalue weighted by Crippen LogP contribution is -2.36. The van der Waals surface area contributed by atoms with E-state index in [1.165, 1.54) is 0 Å². The van der Waals surface area contributed by atoms with E-state index in [0.717, 1.165) is 38.9 Å². The van der Waals surface area contributed by atoms with E-state index in [1.807, 2.05) is 50.2 Å². The van der Waals surface area contributed by atoms with Crippen molar-refractivity contribution in [3.63, 3.8) is 0 Å². The Morgan fingerprint density at radius 1 is 1.10 bits per heavy atom. The van der Waals surface area contributed by atoms with Gasteiger partial charge in [0.2, 0.25) is 5.91 Å². The second kappa shape index (κ2) is 5.72. The van der Waals surface area contributed by atoms with Gasteiger partial charge < -0.3 is 9.88 Å². The molecule has 10 nitrogen and oxygen atoms in total. The van der Waals surface area contributed by atoms with E-state index in [-0.39, 0.29) is 12.5 Å². The molecule has 10 heteroatoms. The number of carbonyl (C=O) groups excluding carboxylic acids is 1. The molecule has 0 unspecified atom stereocenters. The van der Waals surface area contributed by atoms with Crippen molar-refractivity contribution in [2.45, 2.75) is 25.8 Å². The number of carbonyl (C=O) groups is 1. The molecule has 0 fully saturated rings. The number of benzene rings is 2. The summed E-state index contributed by atoms with van der Waals surface area (Å²) in [5.41, 5.74) is 4.43. The van der Waals surface area contributed by atoms with Crippen LogP contribution in [0.1, 0.15) is 25.2 Å². The van der Waals surface area contributed by atoms with Crippen LogP contribution in [0.25, 0.3) is 33.5 Å². The zero-order valence-corrected chi connectivity index (χ0v) is 16.3. The summed E-state index contributed by atoms with van der Waals surface area (Å²) < 4.78 is 0. The molecule has 0 atom stereocenters. The minimum atomic E-state index is -0.672. The third kappa shape index (κ3) is 2.24. The fourth-order valence-corrected chi connectivity index (χ4v) is 4.14. The highest BCUT2D eigenvalue weighted by Crippen LogP contribution is 2.44. The van der Waals surface area contributed by atoms with Crippen LogP contribution in [0.4, 0.5) is 5.69 Å². The number of fused-ring (bicyclic) bond motifs is 3. The van der Waals surface area contributed by atoms with Crippen LogP contribution >= 0.6 is 0 Å². The molecular weight excluding hydrogens is 382 g/mol. The van der Waals surface area contributed by atoms with Crippen molar-refractivity contribution in [3.8, 4) is 11.5 Å². The molecule has 0 radical (unpaired) electrons. The number of H-pyrrole nitrogens is 3. The predicted molar refractivity (Wildman–Crippen MR) is 110 cm³/mol. The van der Waals surface area contributed by atoms with Crippen LogP contribution in [0.2, 0.25) is 0 Å². The number of hydrogen-bond acceptors (Lipinski definition) is 6. The van der Waals surface area contributed by atoms with Crippen LogP contribution in [0, 0.1) is 0 Å². The minimum absolute atomic E-state index is 0.0000665. The number of nitrogens with one attached hydrogen (secondary N) is 3. The Morgan fingerprint density at radius 3 is 2.80 bits per heavy atom. The molecule has 0 saturated carbocycles. The molecule has 0 spiro atoms. The number of hydrogen-bond donors (Lipinski definition) is 3. The molecule has 0 aliphatic carbocycles. The lowest BCUT2D eigenvalue weighted by atomic mass is 9.86. The zero-order chi connectivity index (χ0) is 20.5. The predicted octanol–water partition coefficient (Wildman–Crippen LogP) is 2.44. The maximum absolute atomic E-state index is 13.1. The van der Waals surface area contributed by atoms with Gasteiger partial charge in [-0.25, -0.2) is 10.1 Å². The summed E-state index contributed by atoms with van der Waals surface area (Å²) in [5.74, 6) is 1.21. The standard InChI is InChI=1S/C20H17N9O/c1-20(2)11-7-13-14(8-15(11)29(19(20)30)9-16-24-27-28-25-16)22-18(21-13)17-10-5-3-4-6-12(10)23-26-17/h3-8H,9H2,1-2H3,(H,21,22)(H,23,26)(H,24,25,27,28). The molecule has 1 aliphatic heterocycles. The minimum Gasteiger partial charge on any atom is -0.337 e.